The second kappa shape index (κ2) is 7.63. The van der Waals surface area contributed by atoms with Gasteiger partial charge in [0.1, 0.15) is 0 Å². The smallest absolute Gasteiger partial charge is 0.251 e. The van der Waals surface area contributed by atoms with Crippen LogP contribution in [0.1, 0.15) is 56.9 Å². The fourth-order valence-electron chi connectivity index (χ4n) is 4.07. The number of nitriles is 1. The molecule has 6 nitrogen and oxygen atoms in total. The zero-order valence-corrected chi connectivity index (χ0v) is 17.9. The maximum absolute atomic E-state index is 13.4. The average molecular weight is 419 g/mol. The summed E-state index contributed by atoms with van der Waals surface area (Å²) in [6, 6.07) is 12.7. The number of nitrogens with zero attached hydrogens (tertiary/aromatic N) is 1. The third kappa shape index (κ3) is 3.18. The summed E-state index contributed by atoms with van der Waals surface area (Å²) in [5, 5.41) is 12.9. The second-order valence-corrected chi connectivity index (χ2v) is 8.51. The number of fused-ring (bicyclic) bond motifs is 4. The first-order valence-electron chi connectivity index (χ1n) is 9.68. The summed E-state index contributed by atoms with van der Waals surface area (Å²) in [4.78, 5) is 29.3. The molecule has 7 heteroatoms. The van der Waals surface area contributed by atoms with Gasteiger partial charge in [-0.2, -0.15) is 5.26 Å². The topological polar surface area (TPSA) is 97.8 Å². The number of rotatable bonds is 5. The summed E-state index contributed by atoms with van der Waals surface area (Å²) < 4.78 is 3.09. The normalized spacial score (nSPS) is 14.1. The molecule has 0 unspecified atom stereocenters. The highest BCUT2D eigenvalue weighted by Crippen LogP contribution is 2.43. The summed E-state index contributed by atoms with van der Waals surface area (Å²) in [5.41, 5.74) is 4.23. The van der Waals surface area contributed by atoms with Crippen LogP contribution in [0.15, 0.2) is 36.4 Å². The Kier molecular flexibility index (Phi) is 5.14. The number of benzene rings is 2. The zero-order valence-electron chi connectivity index (χ0n) is 17.1. The molecule has 3 N–H and O–H groups in total. The molecule has 30 heavy (non-hydrogen) atoms. The zero-order chi connectivity index (χ0) is 21.5. The van der Waals surface area contributed by atoms with Crippen molar-refractivity contribution in [1.29, 1.82) is 5.26 Å². The lowest BCUT2D eigenvalue weighted by Gasteiger charge is -2.32. The van der Waals surface area contributed by atoms with E-state index in [-0.39, 0.29) is 11.7 Å². The quantitative estimate of drug-likeness (QED) is 0.435. The van der Waals surface area contributed by atoms with Crippen LogP contribution in [0.3, 0.4) is 0 Å². The van der Waals surface area contributed by atoms with Crippen molar-refractivity contribution in [2.75, 3.05) is 19.3 Å². The molecule has 3 aromatic rings. The van der Waals surface area contributed by atoms with E-state index in [9.17, 15) is 14.9 Å². The molecular weight excluding hydrogens is 396 g/mol. The minimum absolute atomic E-state index is 0.0635. The van der Waals surface area contributed by atoms with Crippen LogP contribution in [0.25, 0.3) is 10.9 Å². The van der Waals surface area contributed by atoms with Gasteiger partial charge in [-0.05, 0) is 42.2 Å². The maximum Gasteiger partial charge on any atom is 0.251 e. The van der Waals surface area contributed by atoms with Gasteiger partial charge in [0.05, 0.1) is 17.2 Å². The minimum atomic E-state index is -0.499. The molecule has 1 amide bonds. The Labute approximate surface area is 179 Å². The number of H-pyrrole nitrogens is 1. The van der Waals surface area contributed by atoms with E-state index in [1.165, 1.54) is 11.9 Å². The third-order valence-electron chi connectivity index (χ3n) is 5.64. The Morgan fingerprint density at radius 2 is 2.00 bits per heavy atom. The van der Waals surface area contributed by atoms with Crippen molar-refractivity contribution in [3.63, 3.8) is 0 Å². The highest BCUT2D eigenvalue weighted by Gasteiger charge is 2.39. The van der Waals surface area contributed by atoms with Crippen LogP contribution in [0.5, 0.6) is 0 Å². The van der Waals surface area contributed by atoms with E-state index < -0.39 is 5.41 Å². The van der Waals surface area contributed by atoms with Crippen LogP contribution in [0, 0.1) is 11.3 Å². The van der Waals surface area contributed by atoms with Gasteiger partial charge >= 0.3 is 0 Å². The van der Waals surface area contributed by atoms with Gasteiger partial charge in [0, 0.05) is 46.2 Å². The minimum Gasteiger partial charge on any atom is -0.357 e. The molecule has 4 rings (SSSR count). The Morgan fingerprint density at radius 1 is 1.20 bits per heavy atom. The van der Waals surface area contributed by atoms with E-state index in [1.807, 2.05) is 32.2 Å². The molecule has 152 valence electrons. The maximum atomic E-state index is 13.4. The van der Waals surface area contributed by atoms with E-state index in [1.54, 1.807) is 24.3 Å². The molecule has 0 bridgehead atoms. The van der Waals surface area contributed by atoms with Crippen LogP contribution < -0.4 is 10.0 Å². The number of carbonyl (C=O) groups excluding carboxylic acids is 2. The van der Waals surface area contributed by atoms with E-state index >= 15 is 0 Å². The van der Waals surface area contributed by atoms with Crippen molar-refractivity contribution >= 4 is 34.5 Å². The van der Waals surface area contributed by atoms with Crippen molar-refractivity contribution in [1.82, 2.24) is 15.0 Å². The fraction of sp³-hybridized carbons (Fsp3) is 0.261. The van der Waals surface area contributed by atoms with Gasteiger partial charge in [-0.3, -0.25) is 14.3 Å². The van der Waals surface area contributed by atoms with E-state index in [2.05, 4.69) is 21.1 Å². The molecule has 0 fully saturated rings. The molecule has 0 spiro atoms. The molecule has 0 radical (unpaired) electrons. The largest absolute Gasteiger partial charge is 0.357 e. The van der Waals surface area contributed by atoms with Gasteiger partial charge in [0.15, 0.2) is 5.78 Å². The first kappa shape index (κ1) is 20.2. The number of ketones is 1. The summed E-state index contributed by atoms with van der Waals surface area (Å²) in [6.07, 6.45) is 1.93. The lowest BCUT2D eigenvalue weighted by Crippen LogP contribution is -2.32. The van der Waals surface area contributed by atoms with Gasteiger partial charge in [-0.15, -0.1) is 0 Å². The summed E-state index contributed by atoms with van der Waals surface area (Å²) >= 11 is 1.50. The molecule has 0 atom stereocenters. The number of hydrogen-bond acceptors (Lipinski definition) is 5. The Morgan fingerprint density at radius 3 is 2.73 bits per heavy atom. The second-order valence-electron chi connectivity index (χ2n) is 7.82. The molecule has 0 aliphatic heterocycles. The Balaban J connectivity index is 1.76. The van der Waals surface area contributed by atoms with Crippen molar-refractivity contribution in [2.45, 2.75) is 19.3 Å². The van der Waals surface area contributed by atoms with Crippen LogP contribution in [-0.4, -0.2) is 36.0 Å². The third-order valence-corrected chi connectivity index (χ3v) is 6.13. The summed E-state index contributed by atoms with van der Waals surface area (Å²) in [5.74, 6) is -0.225. The van der Waals surface area contributed by atoms with Crippen LogP contribution >= 0.6 is 11.9 Å². The number of carbonyl (C=O) groups is 2. The fourth-order valence-corrected chi connectivity index (χ4v) is 4.38. The molecule has 1 aliphatic carbocycles. The summed E-state index contributed by atoms with van der Waals surface area (Å²) in [6.45, 7) is 5.28. The first-order chi connectivity index (χ1) is 14.4. The van der Waals surface area contributed by atoms with Crippen molar-refractivity contribution in [3.05, 3.63) is 69.9 Å². The van der Waals surface area contributed by atoms with Crippen LogP contribution in [0.2, 0.25) is 0 Å². The molecule has 1 aliphatic rings. The first-order valence-corrected chi connectivity index (χ1v) is 10.9. The molecule has 0 saturated heterocycles. The number of nitrogens with one attached hydrogen (secondary N) is 3. The number of aromatic amines is 1. The van der Waals surface area contributed by atoms with Gasteiger partial charge in [0.2, 0.25) is 0 Å². The highest BCUT2D eigenvalue weighted by molar-refractivity contribution is 7.96. The molecule has 1 aromatic heterocycles. The lowest BCUT2D eigenvalue weighted by atomic mass is 9.71. The average Bonchev–Trinajstić information content (AvgIpc) is 3.14. The molecule has 0 saturated carbocycles. The van der Waals surface area contributed by atoms with E-state index in [0.29, 0.717) is 35.3 Å². The van der Waals surface area contributed by atoms with Crippen molar-refractivity contribution in [2.24, 2.45) is 0 Å². The van der Waals surface area contributed by atoms with Gasteiger partial charge in [0.25, 0.3) is 5.91 Å². The Bertz CT molecular complexity index is 1220. The van der Waals surface area contributed by atoms with Crippen LogP contribution in [-0.2, 0) is 5.41 Å². The van der Waals surface area contributed by atoms with Crippen molar-refractivity contribution < 1.29 is 9.59 Å². The van der Waals surface area contributed by atoms with Crippen molar-refractivity contribution in [3.8, 4) is 6.07 Å². The number of amides is 1. The van der Waals surface area contributed by atoms with Crippen LogP contribution in [0.4, 0.5) is 0 Å². The SMILES string of the molecule is CSNCCNC(=O)c1ccc2c(c1)C(C)(C)c1[nH]c3cc(C#N)ccc3c1C2=O. The highest BCUT2D eigenvalue weighted by atomic mass is 32.2. The predicted octanol–water partition coefficient (Wildman–Crippen LogP) is 3.51. The predicted molar refractivity (Wildman–Crippen MR) is 119 cm³/mol. The molecular formula is C23H22N4O2S. The lowest BCUT2D eigenvalue weighted by molar-refractivity contribution is 0.0952. The van der Waals surface area contributed by atoms with Gasteiger partial charge < -0.3 is 10.3 Å². The molecule has 1 heterocycles. The van der Waals surface area contributed by atoms with E-state index in [0.717, 1.165) is 22.2 Å². The molecule has 2 aromatic carbocycles. The number of hydrogen-bond donors (Lipinski definition) is 3. The van der Waals surface area contributed by atoms with Gasteiger partial charge in [-0.25, -0.2) is 0 Å². The summed E-state index contributed by atoms with van der Waals surface area (Å²) in [7, 11) is 0. The standard InChI is InChI=1S/C23H22N4O2S/c1-23(2)17-11-14(22(29)25-8-9-26-30-3)5-7-15(17)20(28)19-16-6-4-13(12-24)10-18(16)27-21(19)23/h4-7,10-11,26-27H,8-9H2,1-3H3,(H,25,29). The van der Waals surface area contributed by atoms with E-state index in [4.69, 9.17) is 0 Å². The number of aromatic nitrogens is 1. The Hall–Kier alpha value is -3.08. The van der Waals surface area contributed by atoms with Gasteiger partial charge in [-0.1, -0.05) is 31.9 Å². The monoisotopic (exact) mass is 418 g/mol.